The van der Waals surface area contributed by atoms with E-state index in [1.165, 1.54) is 6.92 Å². The molecule has 112 valence electrons. The molecule has 5 nitrogen and oxygen atoms in total. The van der Waals surface area contributed by atoms with Crippen LogP contribution in [-0.4, -0.2) is 28.0 Å². The summed E-state index contributed by atoms with van der Waals surface area (Å²) in [6.45, 7) is 1.51. The molecule has 0 aliphatic rings. The first-order chi connectivity index (χ1) is 9.86. The molecule has 0 unspecified atom stereocenters. The fourth-order valence-corrected chi connectivity index (χ4v) is 1.75. The van der Waals surface area contributed by atoms with Crippen LogP contribution < -0.4 is 0 Å². The molecule has 21 heavy (non-hydrogen) atoms. The number of aromatic amines is 1. The number of benzene rings is 1. The first-order valence-corrected chi connectivity index (χ1v) is 5.80. The third-order valence-electron chi connectivity index (χ3n) is 2.57. The highest BCUT2D eigenvalue weighted by Crippen LogP contribution is 2.38. The van der Waals surface area contributed by atoms with Crippen molar-refractivity contribution in [3.8, 4) is 11.3 Å². The van der Waals surface area contributed by atoms with Crippen LogP contribution in [0.25, 0.3) is 11.3 Å². The van der Waals surface area contributed by atoms with Crippen LogP contribution in [0.3, 0.4) is 0 Å². The maximum Gasteiger partial charge on any atom is 0.417 e. The molecule has 0 bridgehead atoms. The van der Waals surface area contributed by atoms with Crippen molar-refractivity contribution in [2.75, 3.05) is 6.61 Å². The molecule has 0 radical (unpaired) electrons. The summed E-state index contributed by atoms with van der Waals surface area (Å²) in [5, 5.41) is 8.89. The second kappa shape index (κ2) is 5.51. The highest BCUT2D eigenvalue weighted by Gasteiger charge is 2.37. The molecule has 1 aromatic carbocycles. The van der Waals surface area contributed by atoms with Gasteiger partial charge in [0, 0.05) is 0 Å². The minimum atomic E-state index is -4.80. The SMILES string of the molecule is CCOC(=O)c1n[nH]nc1-c1c(F)cccc1C(F)(F)F. The van der Waals surface area contributed by atoms with Crippen molar-refractivity contribution in [2.45, 2.75) is 13.1 Å². The summed E-state index contributed by atoms with van der Waals surface area (Å²) in [7, 11) is 0. The predicted octanol–water partition coefficient (Wildman–Crippen LogP) is 2.81. The average Bonchev–Trinajstić information content (AvgIpc) is 2.86. The molecule has 0 saturated carbocycles. The molecule has 1 heterocycles. The summed E-state index contributed by atoms with van der Waals surface area (Å²) >= 11 is 0. The van der Waals surface area contributed by atoms with Crippen LogP contribution in [-0.2, 0) is 10.9 Å². The molecule has 0 spiro atoms. The lowest BCUT2D eigenvalue weighted by Gasteiger charge is -2.12. The van der Waals surface area contributed by atoms with Gasteiger partial charge in [-0.2, -0.15) is 23.5 Å². The van der Waals surface area contributed by atoms with Gasteiger partial charge in [-0.25, -0.2) is 9.18 Å². The van der Waals surface area contributed by atoms with Gasteiger partial charge in [0.25, 0.3) is 0 Å². The Bertz CT molecular complexity index is 667. The number of carbonyl (C=O) groups excluding carboxylic acids is 1. The predicted molar refractivity (Wildman–Crippen MR) is 62.7 cm³/mol. The van der Waals surface area contributed by atoms with Gasteiger partial charge >= 0.3 is 12.1 Å². The third-order valence-corrected chi connectivity index (χ3v) is 2.57. The Balaban J connectivity index is 2.64. The molecule has 0 aliphatic carbocycles. The number of nitrogens with zero attached hydrogens (tertiary/aromatic N) is 2. The van der Waals surface area contributed by atoms with Crippen molar-refractivity contribution in [2.24, 2.45) is 0 Å². The molecule has 1 aromatic heterocycles. The molecule has 0 aliphatic heterocycles. The van der Waals surface area contributed by atoms with Crippen molar-refractivity contribution < 1.29 is 27.1 Å². The van der Waals surface area contributed by atoms with Gasteiger partial charge in [-0.1, -0.05) is 6.07 Å². The topological polar surface area (TPSA) is 67.9 Å². The molecule has 0 saturated heterocycles. The smallest absolute Gasteiger partial charge is 0.417 e. The Hall–Kier alpha value is -2.45. The van der Waals surface area contributed by atoms with Crippen LogP contribution in [0.5, 0.6) is 0 Å². The summed E-state index contributed by atoms with van der Waals surface area (Å²) < 4.78 is 57.4. The van der Waals surface area contributed by atoms with Crippen molar-refractivity contribution in [3.05, 3.63) is 35.3 Å². The van der Waals surface area contributed by atoms with Gasteiger partial charge in [-0.15, -0.1) is 5.10 Å². The number of hydrogen-bond acceptors (Lipinski definition) is 4. The number of rotatable bonds is 3. The van der Waals surface area contributed by atoms with E-state index in [2.05, 4.69) is 14.9 Å². The molecule has 0 fully saturated rings. The number of ether oxygens (including phenoxy) is 1. The second-order valence-corrected chi connectivity index (χ2v) is 3.90. The molecule has 0 atom stereocenters. The number of H-pyrrole nitrogens is 1. The van der Waals surface area contributed by atoms with Crippen molar-refractivity contribution >= 4 is 5.97 Å². The summed E-state index contributed by atoms with van der Waals surface area (Å²) in [4.78, 5) is 11.6. The lowest BCUT2D eigenvalue weighted by Crippen LogP contribution is -2.11. The summed E-state index contributed by atoms with van der Waals surface area (Å²) in [5.74, 6) is -2.15. The zero-order valence-electron chi connectivity index (χ0n) is 10.7. The Morgan fingerprint density at radius 2 is 2.05 bits per heavy atom. The second-order valence-electron chi connectivity index (χ2n) is 3.90. The highest BCUT2D eigenvalue weighted by atomic mass is 19.4. The Morgan fingerprint density at radius 3 is 2.67 bits per heavy atom. The maximum absolute atomic E-state index is 13.8. The number of aromatic nitrogens is 3. The number of hydrogen-bond donors (Lipinski definition) is 1. The number of alkyl halides is 3. The highest BCUT2D eigenvalue weighted by molar-refractivity contribution is 5.94. The molecule has 2 aromatic rings. The average molecular weight is 303 g/mol. The Labute approximate surface area is 115 Å². The fourth-order valence-electron chi connectivity index (χ4n) is 1.75. The van der Waals surface area contributed by atoms with Crippen LogP contribution in [0.15, 0.2) is 18.2 Å². The van der Waals surface area contributed by atoms with E-state index in [-0.39, 0.29) is 6.61 Å². The van der Waals surface area contributed by atoms with Gasteiger partial charge in [-0.3, -0.25) is 0 Å². The van der Waals surface area contributed by atoms with Crippen molar-refractivity contribution in [1.82, 2.24) is 15.4 Å². The van der Waals surface area contributed by atoms with Gasteiger partial charge in [0.1, 0.15) is 11.5 Å². The van der Waals surface area contributed by atoms with Gasteiger partial charge in [0.15, 0.2) is 5.69 Å². The summed E-state index contributed by atoms with van der Waals surface area (Å²) in [6, 6.07) is 2.46. The first kappa shape index (κ1) is 14.9. The summed E-state index contributed by atoms with van der Waals surface area (Å²) in [6.07, 6.45) is -4.80. The van der Waals surface area contributed by atoms with Gasteiger partial charge in [-0.05, 0) is 19.1 Å². The monoisotopic (exact) mass is 303 g/mol. The maximum atomic E-state index is 13.8. The van der Waals surface area contributed by atoms with E-state index in [1.807, 2.05) is 5.21 Å². The van der Waals surface area contributed by atoms with Crippen molar-refractivity contribution in [3.63, 3.8) is 0 Å². The van der Waals surface area contributed by atoms with Gasteiger partial charge < -0.3 is 4.74 Å². The normalized spacial score (nSPS) is 11.5. The zero-order valence-corrected chi connectivity index (χ0v) is 10.7. The lowest BCUT2D eigenvalue weighted by molar-refractivity contribution is -0.137. The van der Waals surface area contributed by atoms with Crippen LogP contribution in [0.1, 0.15) is 23.0 Å². The molecule has 0 amide bonds. The standard InChI is InChI=1S/C12H9F4N3O2/c1-2-21-11(20)10-9(17-19-18-10)8-6(12(14,15)16)4-3-5-7(8)13/h3-5H,2H2,1H3,(H,17,18,19). The Morgan fingerprint density at radius 1 is 1.33 bits per heavy atom. The van der Waals surface area contributed by atoms with E-state index in [0.717, 1.165) is 12.1 Å². The fraction of sp³-hybridized carbons (Fsp3) is 0.250. The number of esters is 1. The molecule has 1 N–H and O–H groups in total. The first-order valence-electron chi connectivity index (χ1n) is 5.80. The van der Waals surface area contributed by atoms with Crippen LogP contribution >= 0.6 is 0 Å². The van der Waals surface area contributed by atoms with E-state index >= 15 is 0 Å². The number of carbonyl (C=O) groups is 1. The quantitative estimate of drug-likeness (QED) is 0.699. The largest absolute Gasteiger partial charge is 0.461 e. The molecule has 9 heteroatoms. The third kappa shape index (κ3) is 2.86. The summed E-state index contributed by atoms with van der Waals surface area (Å²) in [5.41, 5.74) is -3.14. The number of nitrogens with one attached hydrogen (secondary N) is 1. The minimum absolute atomic E-state index is 0.00542. The van der Waals surface area contributed by atoms with Crippen LogP contribution in [0.4, 0.5) is 17.6 Å². The van der Waals surface area contributed by atoms with Crippen molar-refractivity contribution in [1.29, 1.82) is 0 Å². The van der Waals surface area contributed by atoms with Gasteiger partial charge in [0.05, 0.1) is 17.7 Å². The molecular weight excluding hydrogens is 294 g/mol. The van der Waals surface area contributed by atoms with E-state index < -0.39 is 40.5 Å². The molecular formula is C12H9F4N3O2. The molecule has 2 rings (SSSR count). The number of halogens is 4. The van der Waals surface area contributed by atoms with E-state index in [0.29, 0.717) is 6.07 Å². The van der Waals surface area contributed by atoms with Crippen LogP contribution in [0.2, 0.25) is 0 Å². The zero-order chi connectivity index (χ0) is 15.6. The van der Waals surface area contributed by atoms with E-state index in [4.69, 9.17) is 0 Å². The van der Waals surface area contributed by atoms with Gasteiger partial charge in [0.2, 0.25) is 0 Å². The van der Waals surface area contributed by atoms with Crippen LogP contribution in [0, 0.1) is 5.82 Å². The van der Waals surface area contributed by atoms with E-state index in [9.17, 15) is 22.4 Å². The minimum Gasteiger partial charge on any atom is -0.461 e. The van der Waals surface area contributed by atoms with E-state index in [1.54, 1.807) is 0 Å². The lowest BCUT2D eigenvalue weighted by atomic mass is 10.0. The Kier molecular flexibility index (Phi) is 3.92.